The Morgan fingerprint density at radius 2 is 2.25 bits per heavy atom. The molecule has 124 valence electrons. The van der Waals surface area contributed by atoms with Crippen LogP contribution in [-0.2, 0) is 4.74 Å². The lowest BCUT2D eigenvalue weighted by Gasteiger charge is -2.18. The Kier molecular flexibility index (Phi) is 3.94. The number of aromatic amines is 1. The summed E-state index contributed by atoms with van der Waals surface area (Å²) in [5.74, 6) is 0.295. The number of aromatic nitrogens is 2. The molecule has 1 saturated heterocycles. The van der Waals surface area contributed by atoms with Crippen LogP contribution in [0.4, 0.5) is 0 Å². The Morgan fingerprint density at radius 3 is 3.04 bits per heavy atom. The zero-order valence-electron chi connectivity index (χ0n) is 13.8. The average Bonchev–Trinajstić information content (AvgIpc) is 3.34. The highest BCUT2D eigenvalue weighted by molar-refractivity contribution is 5.97. The number of carbonyl (C=O) groups excluding carboxylic acids is 1. The van der Waals surface area contributed by atoms with Gasteiger partial charge in [-0.05, 0) is 30.0 Å². The van der Waals surface area contributed by atoms with Gasteiger partial charge in [0.05, 0.1) is 24.1 Å². The maximum atomic E-state index is 12.9. The summed E-state index contributed by atoms with van der Waals surface area (Å²) in [4.78, 5) is 14.8. The van der Waals surface area contributed by atoms with Gasteiger partial charge in [-0.15, -0.1) is 0 Å². The van der Waals surface area contributed by atoms with Gasteiger partial charge < -0.3 is 9.64 Å². The number of amides is 1. The van der Waals surface area contributed by atoms with Gasteiger partial charge in [0.1, 0.15) is 0 Å². The van der Waals surface area contributed by atoms with Gasteiger partial charge in [-0.3, -0.25) is 9.89 Å². The van der Waals surface area contributed by atoms with Gasteiger partial charge in [0, 0.05) is 25.6 Å². The first-order chi connectivity index (χ1) is 11.7. The van der Waals surface area contributed by atoms with Crippen LogP contribution in [0.5, 0.6) is 0 Å². The summed E-state index contributed by atoms with van der Waals surface area (Å²) in [6.07, 6.45) is 4.75. The van der Waals surface area contributed by atoms with E-state index in [2.05, 4.69) is 35.3 Å². The molecule has 2 aliphatic rings. The second-order valence-electron chi connectivity index (χ2n) is 6.49. The molecule has 2 aliphatic heterocycles. The van der Waals surface area contributed by atoms with Crippen molar-refractivity contribution in [2.24, 2.45) is 0 Å². The molecule has 0 aliphatic carbocycles. The molecule has 1 atom stereocenters. The van der Waals surface area contributed by atoms with Crippen LogP contribution in [0.25, 0.3) is 5.57 Å². The van der Waals surface area contributed by atoms with E-state index in [1.165, 1.54) is 16.7 Å². The van der Waals surface area contributed by atoms with Crippen molar-refractivity contribution in [1.82, 2.24) is 15.1 Å². The predicted molar refractivity (Wildman–Crippen MR) is 91.8 cm³/mol. The molecule has 2 aromatic rings. The molecule has 5 nitrogen and oxygen atoms in total. The molecule has 0 saturated carbocycles. The third-order valence-corrected chi connectivity index (χ3v) is 4.93. The van der Waals surface area contributed by atoms with Crippen molar-refractivity contribution in [1.29, 1.82) is 0 Å². The summed E-state index contributed by atoms with van der Waals surface area (Å²) in [6, 6.07) is 8.31. The highest BCUT2D eigenvalue weighted by Crippen LogP contribution is 2.29. The third-order valence-electron chi connectivity index (χ3n) is 4.93. The molecule has 0 spiro atoms. The quantitative estimate of drug-likeness (QED) is 0.945. The van der Waals surface area contributed by atoms with E-state index >= 15 is 0 Å². The molecule has 1 N–H and O–H groups in total. The molecule has 1 amide bonds. The van der Waals surface area contributed by atoms with Crippen molar-refractivity contribution >= 4 is 11.5 Å². The summed E-state index contributed by atoms with van der Waals surface area (Å²) in [6.45, 7) is 4.81. The minimum Gasteiger partial charge on any atom is -0.381 e. The molecule has 4 rings (SSSR count). The van der Waals surface area contributed by atoms with E-state index in [-0.39, 0.29) is 11.8 Å². The van der Waals surface area contributed by atoms with Gasteiger partial charge in [-0.25, -0.2) is 0 Å². The van der Waals surface area contributed by atoms with Crippen molar-refractivity contribution < 1.29 is 9.53 Å². The molecule has 0 radical (unpaired) electrons. The van der Waals surface area contributed by atoms with E-state index in [9.17, 15) is 4.79 Å². The summed E-state index contributed by atoms with van der Waals surface area (Å²) in [5, 5.41) is 7.12. The fourth-order valence-corrected chi connectivity index (χ4v) is 3.55. The molecule has 1 aromatic heterocycles. The molecule has 1 unspecified atom stereocenters. The van der Waals surface area contributed by atoms with Crippen molar-refractivity contribution in [3.05, 3.63) is 58.9 Å². The molecular weight excluding hydrogens is 302 g/mol. The summed E-state index contributed by atoms with van der Waals surface area (Å²) < 4.78 is 5.45. The first-order valence-corrected chi connectivity index (χ1v) is 8.39. The number of hydrogen-bond acceptors (Lipinski definition) is 3. The minimum atomic E-state index is 0.0467. The number of rotatable bonds is 3. The standard InChI is InChI=1S/C19H21N3O2/c1-13-4-2-3-5-16(13)14-6-8-22(11-14)19(23)17-10-20-21-18(17)15-7-9-24-12-15/h2-6,10,15H,7-9,11-12H2,1H3,(H,20,21). The van der Waals surface area contributed by atoms with E-state index in [1.807, 2.05) is 17.0 Å². The summed E-state index contributed by atoms with van der Waals surface area (Å²) in [5.41, 5.74) is 5.29. The Balaban J connectivity index is 1.52. The number of H-pyrrole nitrogens is 1. The minimum absolute atomic E-state index is 0.0467. The van der Waals surface area contributed by atoms with Crippen LogP contribution in [0.2, 0.25) is 0 Å². The maximum Gasteiger partial charge on any atom is 0.257 e. The first-order valence-electron chi connectivity index (χ1n) is 8.39. The fraction of sp³-hybridized carbons (Fsp3) is 0.368. The number of benzene rings is 1. The Morgan fingerprint density at radius 1 is 1.38 bits per heavy atom. The topological polar surface area (TPSA) is 58.2 Å². The van der Waals surface area contributed by atoms with Crippen LogP contribution < -0.4 is 0 Å². The molecule has 3 heterocycles. The normalized spacial score (nSPS) is 20.5. The van der Waals surface area contributed by atoms with E-state index in [1.54, 1.807) is 6.20 Å². The fourth-order valence-electron chi connectivity index (χ4n) is 3.55. The van der Waals surface area contributed by atoms with Gasteiger partial charge in [0.15, 0.2) is 0 Å². The second-order valence-corrected chi connectivity index (χ2v) is 6.49. The number of nitrogens with zero attached hydrogens (tertiary/aromatic N) is 2. The van der Waals surface area contributed by atoms with Gasteiger partial charge in [0.2, 0.25) is 0 Å². The summed E-state index contributed by atoms with van der Waals surface area (Å²) >= 11 is 0. The van der Waals surface area contributed by atoms with Crippen LogP contribution in [0.15, 0.2) is 36.5 Å². The predicted octanol–water partition coefficient (Wildman–Crippen LogP) is 2.76. The van der Waals surface area contributed by atoms with Crippen LogP contribution in [0.1, 0.15) is 39.5 Å². The van der Waals surface area contributed by atoms with E-state index in [0.717, 1.165) is 18.7 Å². The van der Waals surface area contributed by atoms with Crippen LogP contribution in [-0.4, -0.2) is 47.3 Å². The first kappa shape index (κ1) is 15.1. The monoisotopic (exact) mass is 323 g/mol. The van der Waals surface area contributed by atoms with E-state index in [4.69, 9.17) is 4.74 Å². The Bertz CT molecular complexity index is 787. The van der Waals surface area contributed by atoms with Crippen molar-refractivity contribution in [2.75, 3.05) is 26.3 Å². The maximum absolute atomic E-state index is 12.9. The molecular formula is C19H21N3O2. The highest BCUT2D eigenvalue weighted by Gasteiger charge is 2.29. The lowest BCUT2D eigenvalue weighted by atomic mass is 10.00. The van der Waals surface area contributed by atoms with Gasteiger partial charge in [-0.2, -0.15) is 5.10 Å². The van der Waals surface area contributed by atoms with Crippen LogP contribution >= 0.6 is 0 Å². The molecule has 5 heteroatoms. The van der Waals surface area contributed by atoms with Crippen LogP contribution in [0.3, 0.4) is 0 Å². The largest absolute Gasteiger partial charge is 0.381 e. The van der Waals surface area contributed by atoms with E-state index < -0.39 is 0 Å². The zero-order valence-corrected chi connectivity index (χ0v) is 13.8. The number of carbonyl (C=O) groups is 1. The SMILES string of the molecule is Cc1ccccc1C1=CCN(C(=O)c2cn[nH]c2C2CCOC2)C1. The van der Waals surface area contributed by atoms with Gasteiger partial charge in [-0.1, -0.05) is 30.3 Å². The number of nitrogens with one attached hydrogen (secondary N) is 1. The Hall–Kier alpha value is -2.40. The Labute approximate surface area is 141 Å². The van der Waals surface area contributed by atoms with E-state index in [0.29, 0.717) is 25.3 Å². The second kappa shape index (κ2) is 6.24. The lowest BCUT2D eigenvalue weighted by Crippen LogP contribution is -2.29. The number of aryl methyl sites for hydroxylation is 1. The smallest absolute Gasteiger partial charge is 0.257 e. The average molecular weight is 323 g/mol. The molecule has 1 aromatic carbocycles. The third kappa shape index (κ3) is 2.65. The van der Waals surface area contributed by atoms with Gasteiger partial charge in [0.25, 0.3) is 5.91 Å². The summed E-state index contributed by atoms with van der Waals surface area (Å²) in [7, 11) is 0. The van der Waals surface area contributed by atoms with Crippen molar-refractivity contribution in [3.8, 4) is 0 Å². The number of hydrogen-bond donors (Lipinski definition) is 1. The lowest BCUT2D eigenvalue weighted by molar-refractivity contribution is 0.0800. The van der Waals surface area contributed by atoms with Crippen LogP contribution in [0, 0.1) is 6.92 Å². The molecule has 24 heavy (non-hydrogen) atoms. The van der Waals surface area contributed by atoms with Gasteiger partial charge >= 0.3 is 0 Å². The van der Waals surface area contributed by atoms with Crippen molar-refractivity contribution in [2.45, 2.75) is 19.3 Å². The van der Waals surface area contributed by atoms with Crippen molar-refractivity contribution in [3.63, 3.8) is 0 Å². The number of ether oxygens (including phenoxy) is 1. The molecule has 1 fully saturated rings. The molecule has 0 bridgehead atoms. The zero-order chi connectivity index (χ0) is 16.5. The highest BCUT2D eigenvalue weighted by atomic mass is 16.5.